The molecule has 0 aromatic heterocycles. The molecule has 29 heavy (non-hydrogen) atoms. The molecule has 3 rings (SSSR count). The van der Waals surface area contributed by atoms with Crippen LogP contribution >= 0.6 is 0 Å². The normalized spacial score (nSPS) is 20.9. The maximum atomic E-state index is 11.6. The van der Waals surface area contributed by atoms with Gasteiger partial charge in [0.15, 0.2) is 0 Å². The highest BCUT2D eigenvalue weighted by atomic mass is 32.2. The third-order valence-corrected chi connectivity index (χ3v) is 7.47. The molecule has 5 N–H and O–H groups in total. The molecule has 1 aliphatic carbocycles. The summed E-state index contributed by atoms with van der Waals surface area (Å²) in [5.74, 6) is 0.993. The molecule has 2 aromatic carbocycles. The van der Waals surface area contributed by atoms with E-state index in [0.29, 0.717) is 18.0 Å². The van der Waals surface area contributed by atoms with E-state index in [1.807, 2.05) is 0 Å². The summed E-state index contributed by atoms with van der Waals surface area (Å²) < 4.78 is 51.5. The Balaban J connectivity index is 1.78. The van der Waals surface area contributed by atoms with Crippen LogP contribution in [0.15, 0.2) is 52.3 Å². The van der Waals surface area contributed by atoms with Gasteiger partial charge in [-0.3, -0.25) is 0 Å². The first-order valence-electron chi connectivity index (χ1n) is 8.93. The predicted octanol–water partition coefficient (Wildman–Crippen LogP) is 1.84. The van der Waals surface area contributed by atoms with Crippen molar-refractivity contribution < 1.29 is 21.6 Å². The van der Waals surface area contributed by atoms with E-state index in [-0.39, 0.29) is 27.0 Å². The molecule has 0 heterocycles. The Morgan fingerprint density at radius 1 is 0.966 bits per heavy atom. The van der Waals surface area contributed by atoms with Crippen molar-refractivity contribution in [2.24, 2.45) is 21.6 Å². The largest absolute Gasteiger partial charge is 0.495 e. The van der Waals surface area contributed by atoms with E-state index in [1.165, 1.54) is 31.4 Å². The first-order chi connectivity index (χ1) is 13.4. The lowest BCUT2D eigenvalue weighted by Crippen LogP contribution is -2.14. The van der Waals surface area contributed by atoms with Crippen LogP contribution in [0.25, 0.3) is 0 Å². The average molecular weight is 440 g/mol. The topological polar surface area (TPSA) is 142 Å². The number of hydrogen-bond donors (Lipinski definition) is 3. The van der Waals surface area contributed by atoms with Crippen LogP contribution in [-0.4, -0.2) is 30.5 Å². The lowest BCUT2D eigenvalue weighted by Gasteiger charge is -2.13. The number of anilines is 1. The summed E-state index contributed by atoms with van der Waals surface area (Å²) in [7, 11) is -6.04. The number of rotatable bonds is 7. The minimum atomic E-state index is -3.82. The van der Waals surface area contributed by atoms with Gasteiger partial charge in [0.25, 0.3) is 0 Å². The molecule has 10 heteroatoms. The molecule has 8 nitrogen and oxygen atoms in total. The molecule has 0 amide bonds. The molecule has 1 saturated carbocycles. The van der Waals surface area contributed by atoms with E-state index in [1.54, 1.807) is 18.2 Å². The van der Waals surface area contributed by atoms with E-state index in [2.05, 4.69) is 19.2 Å². The zero-order valence-corrected chi connectivity index (χ0v) is 18.0. The van der Waals surface area contributed by atoms with Gasteiger partial charge in [0.1, 0.15) is 5.75 Å². The zero-order valence-electron chi connectivity index (χ0n) is 16.4. The second kappa shape index (κ2) is 7.28. The predicted molar refractivity (Wildman–Crippen MR) is 111 cm³/mol. The fourth-order valence-electron chi connectivity index (χ4n) is 3.87. The van der Waals surface area contributed by atoms with Crippen LogP contribution in [0.3, 0.4) is 0 Å². The van der Waals surface area contributed by atoms with Gasteiger partial charge in [0, 0.05) is 6.54 Å². The maximum absolute atomic E-state index is 11.6. The van der Waals surface area contributed by atoms with Crippen LogP contribution in [0.5, 0.6) is 5.75 Å². The second-order valence-electron chi connectivity index (χ2n) is 7.81. The molecule has 2 atom stereocenters. The minimum Gasteiger partial charge on any atom is -0.495 e. The average Bonchev–Trinajstić information content (AvgIpc) is 3.18. The summed E-state index contributed by atoms with van der Waals surface area (Å²) in [5.41, 5.74) is 1.56. The van der Waals surface area contributed by atoms with Gasteiger partial charge in [-0.25, -0.2) is 27.1 Å². The number of primary sulfonamides is 2. The molecule has 0 bridgehead atoms. The number of nitrogens with one attached hydrogen (secondary N) is 1. The van der Waals surface area contributed by atoms with Crippen molar-refractivity contribution >= 4 is 25.7 Å². The van der Waals surface area contributed by atoms with Crippen molar-refractivity contribution in [3.05, 3.63) is 48.0 Å². The summed E-state index contributed by atoms with van der Waals surface area (Å²) in [6.45, 7) is 4.85. The number of methoxy groups -OCH3 is 1. The number of sulfonamides is 2. The van der Waals surface area contributed by atoms with Crippen LogP contribution in [0.4, 0.5) is 5.69 Å². The van der Waals surface area contributed by atoms with Gasteiger partial charge >= 0.3 is 0 Å². The number of nitrogens with two attached hydrogens (primary N) is 2. The van der Waals surface area contributed by atoms with Crippen LogP contribution in [0.2, 0.25) is 0 Å². The highest BCUT2D eigenvalue weighted by Gasteiger charge is 2.57. The number of benzene rings is 2. The summed E-state index contributed by atoms with van der Waals surface area (Å²) in [5, 5.41) is 13.7. The molecule has 2 aromatic rings. The van der Waals surface area contributed by atoms with E-state index >= 15 is 0 Å². The standard InChI is InChI=1S/C19H25N3O5S2/c1-19(2)15(18(19)12-4-6-13(7-5-12)28(20,23)24)11-22-16-10-14(29(21,25)26)8-9-17(16)27-3/h4-10,15,18,22H,11H2,1-3H3,(H2,20,23,24)(H2,21,25,26). The zero-order chi connectivity index (χ0) is 21.6. The Bertz CT molecular complexity index is 1130. The van der Waals surface area contributed by atoms with E-state index < -0.39 is 20.0 Å². The fourth-order valence-corrected chi connectivity index (χ4v) is 4.93. The highest BCUT2D eigenvalue weighted by Crippen LogP contribution is 2.64. The smallest absolute Gasteiger partial charge is 0.238 e. The molecule has 2 unspecified atom stereocenters. The first-order valence-corrected chi connectivity index (χ1v) is 12.0. The van der Waals surface area contributed by atoms with Crippen molar-refractivity contribution in [3.63, 3.8) is 0 Å². The Hall–Kier alpha value is -2.14. The van der Waals surface area contributed by atoms with Gasteiger partial charge in [-0.1, -0.05) is 26.0 Å². The molecule has 0 spiro atoms. The van der Waals surface area contributed by atoms with Crippen LogP contribution < -0.4 is 20.3 Å². The summed E-state index contributed by atoms with van der Waals surface area (Å²) in [6, 6.07) is 11.0. The van der Waals surface area contributed by atoms with Crippen molar-refractivity contribution in [3.8, 4) is 5.75 Å². The third kappa shape index (κ3) is 4.40. The summed E-state index contributed by atoms with van der Waals surface area (Å²) in [6.07, 6.45) is 0. The number of ether oxygens (including phenoxy) is 1. The SMILES string of the molecule is COc1ccc(S(N)(=O)=O)cc1NCC1C(c2ccc(S(N)(=O)=O)cc2)C1(C)C. The van der Waals surface area contributed by atoms with Gasteiger partial charge in [-0.15, -0.1) is 0 Å². The maximum Gasteiger partial charge on any atom is 0.238 e. The third-order valence-electron chi connectivity index (χ3n) is 5.63. The lowest BCUT2D eigenvalue weighted by molar-refractivity contribution is 0.416. The second-order valence-corrected chi connectivity index (χ2v) is 10.9. The van der Waals surface area contributed by atoms with Gasteiger partial charge in [-0.2, -0.15) is 0 Å². The fraction of sp³-hybridized carbons (Fsp3) is 0.368. The van der Waals surface area contributed by atoms with Crippen LogP contribution in [-0.2, 0) is 20.0 Å². The quantitative estimate of drug-likeness (QED) is 0.601. The van der Waals surface area contributed by atoms with Crippen molar-refractivity contribution in [1.29, 1.82) is 0 Å². The van der Waals surface area contributed by atoms with E-state index in [4.69, 9.17) is 15.0 Å². The van der Waals surface area contributed by atoms with Crippen molar-refractivity contribution in [2.45, 2.75) is 29.6 Å². The Labute approximate surface area is 171 Å². The summed E-state index contributed by atoms with van der Waals surface area (Å²) >= 11 is 0. The molecule has 158 valence electrons. The molecular weight excluding hydrogens is 414 g/mol. The molecule has 0 radical (unpaired) electrons. The molecule has 1 fully saturated rings. The Kier molecular flexibility index (Phi) is 5.41. The van der Waals surface area contributed by atoms with E-state index in [0.717, 1.165) is 5.56 Å². The van der Waals surface area contributed by atoms with E-state index in [9.17, 15) is 16.8 Å². The molecule has 1 aliphatic rings. The molecule has 0 aliphatic heterocycles. The first kappa shape index (κ1) is 21.6. The van der Waals surface area contributed by atoms with Gasteiger partial charge in [0.05, 0.1) is 22.6 Å². The van der Waals surface area contributed by atoms with Gasteiger partial charge in [0.2, 0.25) is 20.0 Å². The lowest BCUT2D eigenvalue weighted by atomic mass is 10.0. The molecular formula is C19H25N3O5S2. The van der Waals surface area contributed by atoms with Crippen molar-refractivity contribution in [1.82, 2.24) is 0 Å². The van der Waals surface area contributed by atoms with Gasteiger partial charge < -0.3 is 10.1 Å². The summed E-state index contributed by atoms with van der Waals surface area (Å²) in [4.78, 5) is 0.0879. The Morgan fingerprint density at radius 2 is 1.52 bits per heavy atom. The van der Waals surface area contributed by atoms with Crippen molar-refractivity contribution in [2.75, 3.05) is 19.0 Å². The Morgan fingerprint density at radius 3 is 2.03 bits per heavy atom. The van der Waals surface area contributed by atoms with Crippen LogP contribution in [0.1, 0.15) is 25.3 Å². The number of hydrogen-bond acceptors (Lipinski definition) is 6. The van der Waals surface area contributed by atoms with Crippen LogP contribution in [0, 0.1) is 11.3 Å². The molecule has 0 saturated heterocycles. The monoisotopic (exact) mass is 439 g/mol. The minimum absolute atomic E-state index is 0.00555. The van der Waals surface area contributed by atoms with Gasteiger partial charge in [-0.05, 0) is 53.1 Å². The highest BCUT2D eigenvalue weighted by molar-refractivity contribution is 7.89.